The van der Waals surface area contributed by atoms with Crippen molar-refractivity contribution in [1.29, 1.82) is 0 Å². The third-order valence-electron chi connectivity index (χ3n) is 4.20. The van der Waals surface area contributed by atoms with Crippen molar-refractivity contribution in [2.75, 3.05) is 0 Å². The first-order valence-electron chi connectivity index (χ1n) is 7.42. The number of hydrogen-bond acceptors (Lipinski definition) is 2. The largest absolute Gasteiger partial charge is 0.308 e. The fourth-order valence-corrected chi connectivity index (χ4v) is 2.81. The molecule has 19 heavy (non-hydrogen) atoms. The molecule has 1 atom stereocenters. The zero-order valence-corrected chi connectivity index (χ0v) is 11.9. The highest BCUT2D eigenvalue weighted by molar-refractivity contribution is 5.81. The van der Waals surface area contributed by atoms with Crippen LogP contribution in [-0.4, -0.2) is 15.8 Å². The van der Waals surface area contributed by atoms with E-state index >= 15 is 0 Å². The van der Waals surface area contributed by atoms with E-state index in [-0.39, 0.29) is 0 Å². The SMILES string of the molecule is CCC(CC1CC1)NCc1nn(C)c2ccccc12. The Kier molecular flexibility index (Phi) is 3.56. The van der Waals surface area contributed by atoms with E-state index in [1.165, 1.54) is 42.3 Å². The molecule has 1 heterocycles. The fourth-order valence-electron chi connectivity index (χ4n) is 2.81. The Labute approximate surface area is 115 Å². The highest BCUT2D eigenvalue weighted by Gasteiger charge is 2.24. The van der Waals surface area contributed by atoms with Gasteiger partial charge in [0, 0.05) is 25.0 Å². The average Bonchev–Trinajstić information content (AvgIpc) is 3.20. The number of benzene rings is 1. The van der Waals surface area contributed by atoms with Crippen LogP contribution in [0.3, 0.4) is 0 Å². The van der Waals surface area contributed by atoms with Gasteiger partial charge in [0.05, 0.1) is 11.2 Å². The first-order valence-corrected chi connectivity index (χ1v) is 7.42. The predicted octanol–water partition coefficient (Wildman–Crippen LogP) is 3.24. The van der Waals surface area contributed by atoms with Gasteiger partial charge in [-0.25, -0.2) is 0 Å². The number of aromatic nitrogens is 2. The molecule has 0 spiro atoms. The average molecular weight is 257 g/mol. The molecule has 3 nitrogen and oxygen atoms in total. The molecule has 3 rings (SSSR count). The van der Waals surface area contributed by atoms with Crippen LogP contribution in [0.5, 0.6) is 0 Å². The molecule has 1 fully saturated rings. The van der Waals surface area contributed by atoms with Crippen molar-refractivity contribution in [1.82, 2.24) is 15.1 Å². The van der Waals surface area contributed by atoms with Crippen LogP contribution in [0.1, 0.15) is 38.3 Å². The van der Waals surface area contributed by atoms with Crippen LogP contribution in [0.2, 0.25) is 0 Å². The summed E-state index contributed by atoms with van der Waals surface area (Å²) in [6.45, 7) is 3.16. The molecule has 0 bridgehead atoms. The number of nitrogens with zero attached hydrogens (tertiary/aromatic N) is 2. The van der Waals surface area contributed by atoms with E-state index in [9.17, 15) is 0 Å². The third kappa shape index (κ3) is 2.81. The highest BCUT2D eigenvalue weighted by atomic mass is 15.3. The second-order valence-electron chi connectivity index (χ2n) is 5.75. The van der Waals surface area contributed by atoms with Crippen LogP contribution in [-0.2, 0) is 13.6 Å². The van der Waals surface area contributed by atoms with E-state index in [0.717, 1.165) is 12.5 Å². The number of nitrogens with one attached hydrogen (secondary N) is 1. The second kappa shape index (κ2) is 5.33. The van der Waals surface area contributed by atoms with Crippen LogP contribution in [0.15, 0.2) is 24.3 Å². The lowest BCUT2D eigenvalue weighted by Gasteiger charge is -2.15. The molecular formula is C16H23N3. The van der Waals surface area contributed by atoms with Crippen LogP contribution in [0.4, 0.5) is 0 Å². The molecule has 1 aliphatic carbocycles. The van der Waals surface area contributed by atoms with Gasteiger partial charge in [0.2, 0.25) is 0 Å². The summed E-state index contributed by atoms with van der Waals surface area (Å²) >= 11 is 0. The minimum atomic E-state index is 0.647. The van der Waals surface area contributed by atoms with Crippen LogP contribution in [0, 0.1) is 5.92 Å². The second-order valence-corrected chi connectivity index (χ2v) is 5.75. The highest BCUT2D eigenvalue weighted by Crippen LogP contribution is 2.34. The Morgan fingerprint density at radius 2 is 2.16 bits per heavy atom. The molecule has 0 amide bonds. The molecule has 1 unspecified atom stereocenters. The van der Waals surface area contributed by atoms with E-state index in [1.54, 1.807) is 0 Å². The molecule has 0 aliphatic heterocycles. The Hall–Kier alpha value is -1.35. The van der Waals surface area contributed by atoms with Crippen LogP contribution in [0.25, 0.3) is 10.9 Å². The van der Waals surface area contributed by atoms with Crippen LogP contribution >= 0.6 is 0 Å². The molecule has 0 saturated heterocycles. The number of para-hydroxylation sites is 1. The summed E-state index contributed by atoms with van der Waals surface area (Å²) in [5.41, 5.74) is 2.39. The molecule has 1 N–H and O–H groups in total. The summed E-state index contributed by atoms with van der Waals surface area (Å²) in [7, 11) is 2.02. The van der Waals surface area contributed by atoms with Gasteiger partial charge in [-0.05, 0) is 24.8 Å². The number of hydrogen-bond donors (Lipinski definition) is 1. The van der Waals surface area contributed by atoms with Gasteiger partial charge in [0.1, 0.15) is 0 Å². The zero-order chi connectivity index (χ0) is 13.2. The minimum absolute atomic E-state index is 0.647. The maximum atomic E-state index is 4.64. The molecule has 3 heteroatoms. The van der Waals surface area contributed by atoms with Crippen molar-refractivity contribution in [3.63, 3.8) is 0 Å². The van der Waals surface area contributed by atoms with Gasteiger partial charge in [0.15, 0.2) is 0 Å². The van der Waals surface area contributed by atoms with Crippen molar-refractivity contribution >= 4 is 10.9 Å². The molecule has 1 aromatic carbocycles. The van der Waals surface area contributed by atoms with Crippen molar-refractivity contribution in [3.05, 3.63) is 30.0 Å². The van der Waals surface area contributed by atoms with Crippen molar-refractivity contribution < 1.29 is 0 Å². The monoisotopic (exact) mass is 257 g/mol. The van der Waals surface area contributed by atoms with Gasteiger partial charge < -0.3 is 5.32 Å². The van der Waals surface area contributed by atoms with Crippen LogP contribution < -0.4 is 5.32 Å². The van der Waals surface area contributed by atoms with Gasteiger partial charge in [-0.15, -0.1) is 0 Å². The Morgan fingerprint density at radius 1 is 1.37 bits per heavy atom. The number of fused-ring (bicyclic) bond motifs is 1. The lowest BCUT2D eigenvalue weighted by Crippen LogP contribution is -2.28. The predicted molar refractivity (Wildman–Crippen MR) is 79.0 cm³/mol. The maximum absolute atomic E-state index is 4.64. The number of rotatable bonds is 6. The van der Waals surface area contributed by atoms with Gasteiger partial charge in [-0.1, -0.05) is 38.0 Å². The summed E-state index contributed by atoms with van der Waals surface area (Å²) in [5.74, 6) is 0.984. The molecule has 102 valence electrons. The number of aryl methyl sites for hydroxylation is 1. The summed E-state index contributed by atoms with van der Waals surface area (Å²) in [6, 6.07) is 9.11. The van der Waals surface area contributed by atoms with Gasteiger partial charge in [-0.3, -0.25) is 4.68 Å². The Morgan fingerprint density at radius 3 is 2.89 bits per heavy atom. The molecule has 2 aromatic rings. The van der Waals surface area contributed by atoms with Crippen molar-refractivity contribution in [2.45, 2.75) is 45.2 Å². The standard InChI is InChI=1S/C16H23N3/c1-3-13(10-12-8-9-12)17-11-15-14-6-4-5-7-16(14)19(2)18-15/h4-7,12-13,17H,3,8-11H2,1-2H3. The first kappa shape index (κ1) is 12.7. The Balaban J connectivity index is 1.70. The van der Waals surface area contributed by atoms with Gasteiger partial charge in [-0.2, -0.15) is 5.10 Å². The van der Waals surface area contributed by atoms with E-state index in [2.05, 4.69) is 41.6 Å². The van der Waals surface area contributed by atoms with E-state index < -0.39 is 0 Å². The molecular weight excluding hydrogens is 234 g/mol. The summed E-state index contributed by atoms with van der Waals surface area (Å²) in [4.78, 5) is 0. The quantitative estimate of drug-likeness (QED) is 0.861. The lowest BCUT2D eigenvalue weighted by atomic mass is 10.1. The summed E-state index contributed by atoms with van der Waals surface area (Å²) < 4.78 is 1.98. The van der Waals surface area contributed by atoms with E-state index in [0.29, 0.717) is 6.04 Å². The third-order valence-corrected chi connectivity index (χ3v) is 4.20. The van der Waals surface area contributed by atoms with Gasteiger partial charge >= 0.3 is 0 Å². The molecule has 0 radical (unpaired) electrons. The maximum Gasteiger partial charge on any atom is 0.0841 e. The van der Waals surface area contributed by atoms with Crippen molar-refractivity contribution in [2.24, 2.45) is 13.0 Å². The first-order chi connectivity index (χ1) is 9.28. The summed E-state index contributed by atoms with van der Waals surface area (Å²) in [5, 5.41) is 9.61. The fraction of sp³-hybridized carbons (Fsp3) is 0.562. The van der Waals surface area contributed by atoms with Gasteiger partial charge in [0.25, 0.3) is 0 Å². The topological polar surface area (TPSA) is 29.9 Å². The Bertz CT molecular complexity index is 554. The minimum Gasteiger partial charge on any atom is -0.308 e. The van der Waals surface area contributed by atoms with Crippen molar-refractivity contribution in [3.8, 4) is 0 Å². The smallest absolute Gasteiger partial charge is 0.0841 e. The lowest BCUT2D eigenvalue weighted by molar-refractivity contribution is 0.442. The van der Waals surface area contributed by atoms with E-state index in [1.807, 2.05) is 11.7 Å². The normalized spacial score (nSPS) is 16.9. The summed E-state index contributed by atoms with van der Waals surface area (Å²) in [6.07, 6.45) is 5.41. The molecule has 1 aromatic heterocycles. The zero-order valence-electron chi connectivity index (χ0n) is 11.9. The molecule has 1 saturated carbocycles. The van der Waals surface area contributed by atoms with E-state index in [4.69, 9.17) is 0 Å². The molecule has 1 aliphatic rings.